The molecule has 0 aliphatic carbocycles. The van der Waals surface area contributed by atoms with E-state index < -0.39 is 52.1 Å². The van der Waals surface area contributed by atoms with Crippen LogP contribution in [0, 0.1) is 0 Å². The van der Waals surface area contributed by atoms with Gasteiger partial charge in [-0.25, -0.2) is 13.2 Å². The van der Waals surface area contributed by atoms with Crippen LogP contribution in [-0.2, 0) is 29.0 Å². The first-order chi connectivity index (χ1) is 10.5. The van der Waals surface area contributed by atoms with Crippen LogP contribution in [-0.4, -0.2) is 84.4 Å². The number of carbonyl (C=O) groups excluding carboxylic acids is 2. The predicted molar refractivity (Wildman–Crippen MR) is 84.0 cm³/mol. The molecule has 1 saturated heterocycles. The lowest BCUT2D eigenvalue weighted by Gasteiger charge is -2.46. The van der Waals surface area contributed by atoms with Crippen LogP contribution in [0.15, 0.2) is 0 Å². The van der Waals surface area contributed by atoms with Crippen molar-refractivity contribution in [2.75, 3.05) is 31.0 Å². The maximum Gasteiger partial charge on any atom is 0.341 e. The highest BCUT2D eigenvalue weighted by molar-refractivity contribution is 7.91. The van der Waals surface area contributed by atoms with Gasteiger partial charge in [-0.15, -0.1) is 11.6 Å². The Morgan fingerprint density at radius 2 is 2.09 bits per heavy atom. The number of thiocarbonyl (C=S) groups is 1. The van der Waals surface area contributed by atoms with E-state index in [1.54, 1.807) is 0 Å². The average Bonchev–Trinajstić information content (AvgIpc) is 2.41. The number of amides is 2. The van der Waals surface area contributed by atoms with E-state index in [0.717, 1.165) is 6.26 Å². The Kier molecular flexibility index (Phi) is 6.71. The fraction of sp³-hybridized carbons (Fsp3) is 0.636. The number of halogens is 1. The molecule has 12 heteroatoms. The Morgan fingerprint density at radius 1 is 1.48 bits per heavy atom. The lowest BCUT2D eigenvalue weighted by atomic mass is 9.96. The molecule has 0 radical (unpaired) electrons. The number of likely N-dealkylation sites (tertiary alicyclic amines) is 1. The highest BCUT2D eigenvalue weighted by atomic mass is 35.5. The minimum absolute atomic E-state index is 0.0168. The van der Waals surface area contributed by atoms with Crippen molar-refractivity contribution < 1.29 is 32.6 Å². The Hall–Kier alpha value is -1.46. The standard InChI is InChI=1S/C11H15ClN2O7S2/c1-23(19,20)5-7(15)13-10-6(2-12)14(11(10)18)3-9(22)21-4-8(16)17/h6,10H,2-5H2,1H3,(H,13,15)(H,16,17)/t6-,10+/m0/s1. The van der Waals surface area contributed by atoms with Gasteiger partial charge in [0.05, 0.1) is 12.6 Å². The SMILES string of the molecule is CS(=O)(=O)CC(=O)N[C@H]1C(=O)N(CC(=S)OCC(=O)O)[C@H]1CCl. The van der Waals surface area contributed by atoms with Crippen LogP contribution in [0.2, 0.25) is 0 Å². The summed E-state index contributed by atoms with van der Waals surface area (Å²) >= 11 is 10.6. The predicted octanol–water partition coefficient (Wildman–Crippen LogP) is -1.61. The summed E-state index contributed by atoms with van der Waals surface area (Å²) in [7, 11) is -3.51. The van der Waals surface area contributed by atoms with Gasteiger partial charge in [0.2, 0.25) is 11.8 Å². The van der Waals surface area contributed by atoms with Crippen LogP contribution in [0.5, 0.6) is 0 Å². The van der Waals surface area contributed by atoms with Gasteiger partial charge in [0.15, 0.2) is 21.5 Å². The number of carboxylic acids is 1. The average molecular weight is 387 g/mol. The Bertz CT molecular complexity index is 622. The number of β-lactam (4-membered cyclic amide) rings is 1. The normalized spacial score (nSPS) is 20.6. The second-order valence-electron chi connectivity index (χ2n) is 4.86. The van der Waals surface area contributed by atoms with Gasteiger partial charge in [-0.2, -0.15) is 0 Å². The number of carboxylic acid groups (broad SMARTS) is 1. The van der Waals surface area contributed by atoms with Gasteiger partial charge < -0.3 is 20.1 Å². The minimum atomic E-state index is -3.51. The molecule has 0 bridgehead atoms. The molecule has 2 N–H and O–H groups in total. The summed E-state index contributed by atoms with van der Waals surface area (Å²) in [5.41, 5.74) is 0. The van der Waals surface area contributed by atoms with E-state index in [2.05, 4.69) is 5.32 Å². The number of hydrogen-bond acceptors (Lipinski definition) is 7. The molecule has 9 nitrogen and oxygen atoms in total. The highest BCUT2D eigenvalue weighted by Crippen LogP contribution is 2.21. The van der Waals surface area contributed by atoms with E-state index >= 15 is 0 Å². The lowest BCUT2D eigenvalue weighted by Crippen LogP contribution is -2.72. The summed E-state index contributed by atoms with van der Waals surface area (Å²) in [4.78, 5) is 35.1. The summed E-state index contributed by atoms with van der Waals surface area (Å²) < 4.78 is 26.8. The van der Waals surface area contributed by atoms with E-state index in [4.69, 9.17) is 33.7 Å². The number of nitrogens with zero attached hydrogens (tertiary/aromatic N) is 1. The summed E-state index contributed by atoms with van der Waals surface area (Å²) in [6.45, 7) is -0.766. The summed E-state index contributed by atoms with van der Waals surface area (Å²) in [6.07, 6.45) is 0.902. The van der Waals surface area contributed by atoms with Crippen molar-refractivity contribution in [1.29, 1.82) is 0 Å². The van der Waals surface area contributed by atoms with Crippen molar-refractivity contribution in [3.8, 4) is 0 Å². The number of hydrogen-bond donors (Lipinski definition) is 2. The van der Waals surface area contributed by atoms with Gasteiger partial charge in [-0.1, -0.05) is 0 Å². The van der Waals surface area contributed by atoms with Crippen LogP contribution >= 0.6 is 23.8 Å². The molecule has 1 fully saturated rings. The molecular formula is C11H15ClN2O7S2. The van der Waals surface area contributed by atoms with Gasteiger partial charge in [-0.3, -0.25) is 9.59 Å². The molecule has 0 unspecified atom stereocenters. The van der Waals surface area contributed by atoms with Crippen LogP contribution < -0.4 is 5.32 Å². The van der Waals surface area contributed by atoms with Crippen LogP contribution in [0.25, 0.3) is 0 Å². The summed E-state index contributed by atoms with van der Waals surface area (Å²) in [5.74, 6) is -3.26. The van der Waals surface area contributed by atoms with Gasteiger partial charge in [-0.05, 0) is 12.2 Å². The van der Waals surface area contributed by atoms with Crippen molar-refractivity contribution in [3.63, 3.8) is 0 Å². The molecule has 2 amide bonds. The zero-order valence-corrected chi connectivity index (χ0v) is 14.4. The summed E-state index contributed by atoms with van der Waals surface area (Å²) in [6, 6.07) is -1.52. The largest absolute Gasteiger partial charge is 0.479 e. The zero-order valence-electron chi connectivity index (χ0n) is 12.0. The van der Waals surface area contributed by atoms with Crippen molar-refractivity contribution >= 4 is 56.5 Å². The third-order valence-electron chi connectivity index (χ3n) is 2.86. The molecule has 0 aromatic heterocycles. The Balaban J connectivity index is 2.58. The maximum absolute atomic E-state index is 12.0. The summed E-state index contributed by atoms with van der Waals surface area (Å²) in [5, 5.41) is 10.7. The van der Waals surface area contributed by atoms with Crippen LogP contribution in [0.4, 0.5) is 0 Å². The molecule has 130 valence electrons. The number of nitrogens with one attached hydrogen (secondary N) is 1. The third kappa shape index (κ3) is 5.92. The Labute approximate surface area is 142 Å². The molecular weight excluding hydrogens is 372 g/mol. The fourth-order valence-corrected chi connectivity index (χ4v) is 3.01. The smallest absolute Gasteiger partial charge is 0.341 e. The van der Waals surface area contributed by atoms with Crippen molar-refractivity contribution in [2.45, 2.75) is 12.1 Å². The molecule has 0 aromatic rings. The number of carbonyl (C=O) groups is 3. The van der Waals surface area contributed by atoms with Crippen molar-refractivity contribution in [3.05, 3.63) is 0 Å². The number of sulfone groups is 1. The topological polar surface area (TPSA) is 130 Å². The minimum Gasteiger partial charge on any atom is -0.479 e. The monoisotopic (exact) mass is 386 g/mol. The van der Waals surface area contributed by atoms with Crippen LogP contribution in [0.3, 0.4) is 0 Å². The molecule has 0 aromatic carbocycles. The van der Waals surface area contributed by atoms with Crippen molar-refractivity contribution in [1.82, 2.24) is 10.2 Å². The number of alkyl halides is 1. The first kappa shape index (κ1) is 19.6. The molecule has 23 heavy (non-hydrogen) atoms. The van der Waals surface area contributed by atoms with E-state index in [9.17, 15) is 22.8 Å². The van der Waals surface area contributed by atoms with E-state index in [1.165, 1.54) is 4.90 Å². The molecule has 1 heterocycles. The van der Waals surface area contributed by atoms with Gasteiger partial charge in [0, 0.05) is 12.1 Å². The van der Waals surface area contributed by atoms with Gasteiger partial charge in [0.1, 0.15) is 11.8 Å². The van der Waals surface area contributed by atoms with Gasteiger partial charge in [0.25, 0.3) is 0 Å². The van der Waals surface area contributed by atoms with E-state index in [1.807, 2.05) is 0 Å². The second-order valence-corrected chi connectivity index (χ2v) is 7.76. The lowest BCUT2D eigenvalue weighted by molar-refractivity contribution is -0.151. The zero-order chi connectivity index (χ0) is 17.8. The molecule has 0 saturated carbocycles. The highest BCUT2D eigenvalue weighted by Gasteiger charge is 2.48. The van der Waals surface area contributed by atoms with Gasteiger partial charge >= 0.3 is 5.97 Å². The third-order valence-corrected chi connectivity index (χ3v) is 4.21. The fourth-order valence-electron chi connectivity index (χ4n) is 1.91. The molecule has 2 atom stereocenters. The Morgan fingerprint density at radius 3 is 2.57 bits per heavy atom. The van der Waals surface area contributed by atoms with Crippen LogP contribution in [0.1, 0.15) is 0 Å². The first-order valence-electron chi connectivity index (χ1n) is 6.26. The van der Waals surface area contributed by atoms with E-state index in [-0.39, 0.29) is 17.5 Å². The molecule has 1 aliphatic rings. The number of rotatable bonds is 8. The number of ether oxygens (including phenoxy) is 1. The molecule has 1 aliphatic heterocycles. The first-order valence-corrected chi connectivity index (χ1v) is 9.26. The van der Waals surface area contributed by atoms with Crippen molar-refractivity contribution in [2.24, 2.45) is 0 Å². The number of aliphatic carboxylic acids is 1. The second kappa shape index (κ2) is 7.88. The maximum atomic E-state index is 12.0. The van der Waals surface area contributed by atoms with E-state index in [0.29, 0.717) is 0 Å². The quantitative estimate of drug-likeness (QED) is 0.289. The molecule has 1 rings (SSSR count). The molecule has 0 spiro atoms.